The maximum absolute atomic E-state index is 13.3. The highest BCUT2D eigenvalue weighted by molar-refractivity contribution is 5.77. The van der Waals surface area contributed by atoms with Crippen LogP contribution in [0, 0.1) is 11.8 Å². The zero-order chi connectivity index (χ0) is 21.7. The van der Waals surface area contributed by atoms with Crippen LogP contribution in [0.5, 0.6) is 5.75 Å². The van der Waals surface area contributed by atoms with E-state index >= 15 is 0 Å². The summed E-state index contributed by atoms with van der Waals surface area (Å²) in [5.74, 6) is -4.98. The van der Waals surface area contributed by atoms with E-state index in [-0.39, 0.29) is 50.2 Å². The van der Waals surface area contributed by atoms with Crippen LogP contribution in [0.4, 0.5) is 22.0 Å². The van der Waals surface area contributed by atoms with Crippen LogP contribution in [0.15, 0.2) is 24.3 Å². The summed E-state index contributed by atoms with van der Waals surface area (Å²) in [7, 11) is 0. The van der Waals surface area contributed by atoms with Gasteiger partial charge < -0.3 is 9.84 Å². The summed E-state index contributed by atoms with van der Waals surface area (Å²) in [6.45, 7) is 0. The second-order valence-corrected chi connectivity index (χ2v) is 7.40. The van der Waals surface area contributed by atoms with Gasteiger partial charge in [-0.15, -0.1) is 13.2 Å². The molecule has 0 bridgehead atoms. The van der Waals surface area contributed by atoms with Crippen molar-refractivity contribution in [3.63, 3.8) is 0 Å². The number of benzene rings is 1. The molecule has 0 saturated heterocycles. The van der Waals surface area contributed by atoms with Crippen molar-refractivity contribution in [2.75, 3.05) is 0 Å². The number of carbonyl (C=O) groups is 1. The Morgan fingerprint density at radius 1 is 1.21 bits per heavy atom. The van der Waals surface area contributed by atoms with E-state index in [1.54, 1.807) is 5.48 Å². The first-order valence-electron chi connectivity index (χ1n) is 9.33. The summed E-state index contributed by atoms with van der Waals surface area (Å²) in [4.78, 5) is 12.0. The molecule has 1 aliphatic carbocycles. The van der Waals surface area contributed by atoms with Gasteiger partial charge in [-0.25, -0.2) is 14.3 Å². The van der Waals surface area contributed by atoms with Gasteiger partial charge in [-0.05, 0) is 55.7 Å². The van der Waals surface area contributed by atoms with Crippen molar-refractivity contribution in [2.45, 2.75) is 63.3 Å². The summed E-state index contributed by atoms with van der Waals surface area (Å²) in [6.07, 6.45) is -5.59. The lowest BCUT2D eigenvalue weighted by atomic mass is 9.75. The van der Waals surface area contributed by atoms with E-state index in [1.807, 2.05) is 0 Å². The van der Waals surface area contributed by atoms with E-state index in [0.29, 0.717) is 12.0 Å². The fraction of sp³-hybridized carbons (Fsp3) is 0.632. The van der Waals surface area contributed by atoms with Crippen LogP contribution in [-0.2, 0) is 11.2 Å². The molecule has 3 N–H and O–H groups in total. The van der Waals surface area contributed by atoms with E-state index in [2.05, 4.69) is 4.74 Å². The quantitative estimate of drug-likeness (QED) is 0.331. The average molecular weight is 425 g/mol. The van der Waals surface area contributed by atoms with Gasteiger partial charge in [-0.3, -0.25) is 10.0 Å². The molecule has 5 nitrogen and oxygen atoms in total. The molecule has 29 heavy (non-hydrogen) atoms. The van der Waals surface area contributed by atoms with Gasteiger partial charge in [0.05, 0.1) is 6.10 Å². The second-order valence-electron chi connectivity index (χ2n) is 7.40. The molecule has 1 fully saturated rings. The fourth-order valence-corrected chi connectivity index (χ4v) is 3.66. The molecule has 2 rings (SSSR count). The predicted molar refractivity (Wildman–Crippen MR) is 92.4 cm³/mol. The summed E-state index contributed by atoms with van der Waals surface area (Å²) in [5.41, 5.74) is 2.21. The van der Waals surface area contributed by atoms with Crippen molar-refractivity contribution in [1.82, 2.24) is 5.48 Å². The molecule has 0 aliphatic heterocycles. The Morgan fingerprint density at radius 2 is 1.79 bits per heavy atom. The number of hydrogen-bond acceptors (Lipinski definition) is 4. The zero-order valence-electron chi connectivity index (χ0n) is 15.6. The lowest BCUT2D eigenvalue weighted by molar-refractivity contribution is -0.274. The van der Waals surface area contributed by atoms with Crippen molar-refractivity contribution >= 4 is 5.91 Å². The van der Waals surface area contributed by atoms with E-state index in [1.165, 1.54) is 24.3 Å². The smallest absolute Gasteiger partial charge is 0.406 e. The summed E-state index contributed by atoms with van der Waals surface area (Å²) in [6, 6.07) is 5.21. The SMILES string of the molecule is O=C(NO)C(CC(O)CCc1ccc(OC(F)(F)F)cc1)C1CCC(F)(F)CC1. The Bertz CT molecular complexity index is 656. The molecule has 164 valence electrons. The van der Waals surface area contributed by atoms with Gasteiger partial charge in [0.25, 0.3) is 0 Å². The number of halogens is 5. The number of carbonyl (C=O) groups excluding carboxylic acids is 1. The first-order valence-corrected chi connectivity index (χ1v) is 9.33. The molecular weight excluding hydrogens is 401 g/mol. The van der Waals surface area contributed by atoms with E-state index in [4.69, 9.17) is 5.21 Å². The van der Waals surface area contributed by atoms with Crippen molar-refractivity contribution in [3.8, 4) is 5.75 Å². The Hall–Kier alpha value is -1.94. The first-order chi connectivity index (χ1) is 13.5. The van der Waals surface area contributed by atoms with Gasteiger partial charge in [0.1, 0.15) is 5.75 Å². The lowest BCUT2D eigenvalue weighted by Gasteiger charge is -2.33. The van der Waals surface area contributed by atoms with E-state index < -0.39 is 30.2 Å². The van der Waals surface area contributed by atoms with Crippen LogP contribution < -0.4 is 10.2 Å². The van der Waals surface area contributed by atoms with Crippen LogP contribution in [0.1, 0.15) is 44.1 Å². The molecule has 10 heteroatoms. The number of hydrogen-bond donors (Lipinski definition) is 3. The van der Waals surface area contributed by atoms with Crippen molar-refractivity contribution in [1.29, 1.82) is 0 Å². The van der Waals surface area contributed by atoms with Crippen LogP contribution in [0.3, 0.4) is 0 Å². The van der Waals surface area contributed by atoms with Crippen LogP contribution in [0.25, 0.3) is 0 Å². The Balaban J connectivity index is 1.88. The first kappa shape index (κ1) is 23.3. The summed E-state index contributed by atoms with van der Waals surface area (Å²) >= 11 is 0. The number of amides is 1. The number of rotatable bonds is 8. The molecule has 2 atom stereocenters. The normalized spacial score (nSPS) is 19.4. The summed E-state index contributed by atoms with van der Waals surface area (Å²) in [5, 5.41) is 19.2. The third kappa shape index (κ3) is 7.77. The number of hydroxylamine groups is 1. The highest BCUT2D eigenvalue weighted by Crippen LogP contribution is 2.40. The average Bonchev–Trinajstić information content (AvgIpc) is 2.64. The third-order valence-corrected chi connectivity index (χ3v) is 5.23. The maximum Gasteiger partial charge on any atom is 0.573 e. The highest BCUT2D eigenvalue weighted by Gasteiger charge is 2.40. The number of alkyl halides is 5. The molecule has 1 aliphatic rings. The fourth-order valence-electron chi connectivity index (χ4n) is 3.66. The minimum atomic E-state index is -4.77. The largest absolute Gasteiger partial charge is 0.573 e. The molecule has 1 aromatic carbocycles. The van der Waals surface area contributed by atoms with E-state index in [0.717, 1.165) is 0 Å². The number of ether oxygens (including phenoxy) is 1. The standard InChI is InChI=1S/C19H24F5NO4/c20-18(21)9-7-13(8-10-18)16(17(27)25-28)11-14(26)4-1-12-2-5-15(6-3-12)29-19(22,23)24/h2-3,5-6,13-14,16,26,28H,1,4,7-11H2,(H,25,27). The van der Waals surface area contributed by atoms with Crippen LogP contribution in [0.2, 0.25) is 0 Å². The summed E-state index contributed by atoms with van der Waals surface area (Å²) < 4.78 is 67.0. The molecule has 1 saturated carbocycles. The molecule has 0 radical (unpaired) electrons. The minimum Gasteiger partial charge on any atom is -0.406 e. The molecule has 2 unspecified atom stereocenters. The van der Waals surface area contributed by atoms with Gasteiger partial charge in [-0.2, -0.15) is 0 Å². The van der Waals surface area contributed by atoms with Crippen molar-refractivity contribution in [2.24, 2.45) is 11.8 Å². The lowest BCUT2D eigenvalue weighted by Crippen LogP contribution is -2.38. The molecule has 1 amide bonds. The minimum absolute atomic E-state index is 0.00208. The topological polar surface area (TPSA) is 78.8 Å². The van der Waals surface area contributed by atoms with Gasteiger partial charge in [-0.1, -0.05) is 12.1 Å². The number of aryl methyl sites for hydroxylation is 1. The Morgan fingerprint density at radius 3 is 2.31 bits per heavy atom. The Kier molecular flexibility index (Phi) is 7.81. The van der Waals surface area contributed by atoms with Gasteiger partial charge in [0.15, 0.2) is 0 Å². The maximum atomic E-state index is 13.3. The molecule has 1 aromatic rings. The number of nitrogens with one attached hydrogen (secondary N) is 1. The van der Waals surface area contributed by atoms with Gasteiger partial charge in [0, 0.05) is 18.8 Å². The molecular formula is C19H24F5NO4. The number of aliphatic hydroxyl groups excluding tert-OH is 1. The Labute approximate surface area is 164 Å². The van der Waals surface area contributed by atoms with Gasteiger partial charge in [0.2, 0.25) is 11.8 Å². The second kappa shape index (κ2) is 9.71. The highest BCUT2D eigenvalue weighted by atomic mass is 19.4. The van der Waals surface area contributed by atoms with Crippen molar-refractivity contribution < 1.29 is 41.8 Å². The predicted octanol–water partition coefficient (Wildman–Crippen LogP) is 4.22. The number of aliphatic hydroxyl groups is 1. The van der Waals surface area contributed by atoms with Crippen molar-refractivity contribution in [3.05, 3.63) is 29.8 Å². The van der Waals surface area contributed by atoms with Crippen LogP contribution in [-0.4, -0.2) is 34.6 Å². The zero-order valence-corrected chi connectivity index (χ0v) is 15.6. The molecule has 0 spiro atoms. The molecule has 0 aromatic heterocycles. The monoisotopic (exact) mass is 425 g/mol. The molecule has 0 heterocycles. The van der Waals surface area contributed by atoms with Crippen LogP contribution >= 0.6 is 0 Å². The van der Waals surface area contributed by atoms with Gasteiger partial charge >= 0.3 is 6.36 Å². The third-order valence-electron chi connectivity index (χ3n) is 5.23. The van der Waals surface area contributed by atoms with E-state index in [9.17, 15) is 31.9 Å².